The van der Waals surface area contributed by atoms with Gasteiger partial charge in [-0.15, -0.1) is 0 Å². The summed E-state index contributed by atoms with van der Waals surface area (Å²) in [6, 6.07) is 0. The quantitative estimate of drug-likeness (QED) is 0.263. The first-order valence-electron chi connectivity index (χ1n) is 10.4. The van der Waals surface area contributed by atoms with E-state index in [0.29, 0.717) is 10.8 Å². The molecule has 0 saturated heterocycles. The van der Waals surface area contributed by atoms with Crippen molar-refractivity contribution in [3.05, 3.63) is 0 Å². The zero-order valence-corrected chi connectivity index (χ0v) is 17.3. The van der Waals surface area contributed by atoms with Gasteiger partial charge >= 0.3 is 0 Å². The van der Waals surface area contributed by atoms with Crippen LogP contribution in [0.4, 0.5) is 0 Å². The minimum Gasteiger partial charge on any atom is -0.381 e. The van der Waals surface area contributed by atoms with Crippen LogP contribution in [0.15, 0.2) is 0 Å². The molecule has 0 unspecified atom stereocenters. The van der Waals surface area contributed by atoms with Crippen molar-refractivity contribution in [2.45, 2.75) is 119 Å². The highest BCUT2D eigenvalue weighted by atomic mass is 16.5. The van der Waals surface area contributed by atoms with E-state index in [1.807, 2.05) is 0 Å². The van der Waals surface area contributed by atoms with Gasteiger partial charge in [-0.1, -0.05) is 92.9 Å². The Bertz CT molecular complexity index is 229. The fraction of sp³-hybridized carbons (Fsp3) is 1.00. The third kappa shape index (κ3) is 15.2. The third-order valence-corrected chi connectivity index (χ3v) is 5.26. The average molecular weight is 327 g/mol. The average Bonchev–Trinajstić information content (AvgIpc) is 2.48. The molecule has 23 heavy (non-hydrogen) atoms. The highest BCUT2D eigenvalue weighted by Crippen LogP contribution is 2.29. The van der Waals surface area contributed by atoms with Crippen LogP contribution in [0.5, 0.6) is 0 Å². The topological polar surface area (TPSA) is 9.23 Å². The van der Waals surface area contributed by atoms with E-state index in [-0.39, 0.29) is 0 Å². The summed E-state index contributed by atoms with van der Waals surface area (Å²) in [5, 5.41) is 0. The van der Waals surface area contributed by atoms with E-state index in [2.05, 4.69) is 41.5 Å². The summed E-state index contributed by atoms with van der Waals surface area (Å²) in [5.41, 5.74) is 0.896. The maximum atomic E-state index is 5.96. The van der Waals surface area contributed by atoms with Gasteiger partial charge in [-0.05, 0) is 36.5 Å². The first-order chi connectivity index (χ1) is 10.8. The van der Waals surface area contributed by atoms with Crippen LogP contribution in [-0.4, -0.2) is 13.2 Å². The minimum atomic E-state index is 0.448. The van der Waals surface area contributed by atoms with Gasteiger partial charge in [-0.2, -0.15) is 0 Å². The second kappa shape index (κ2) is 13.3. The van der Waals surface area contributed by atoms with Crippen molar-refractivity contribution < 1.29 is 4.74 Å². The Morgan fingerprint density at radius 1 is 0.522 bits per heavy atom. The molecular formula is C22H46O. The number of unbranched alkanes of at least 4 members (excludes halogenated alkanes) is 6. The van der Waals surface area contributed by atoms with Crippen LogP contribution in [0, 0.1) is 10.8 Å². The first kappa shape index (κ1) is 23.0. The van der Waals surface area contributed by atoms with Gasteiger partial charge in [-0.25, -0.2) is 0 Å². The van der Waals surface area contributed by atoms with Crippen molar-refractivity contribution in [1.82, 2.24) is 0 Å². The lowest BCUT2D eigenvalue weighted by molar-refractivity contribution is 0.0765. The Kier molecular flexibility index (Phi) is 13.3. The molecule has 0 aliphatic heterocycles. The second-order valence-electron chi connectivity index (χ2n) is 9.06. The van der Waals surface area contributed by atoms with Gasteiger partial charge in [-0.3, -0.25) is 0 Å². The Balaban J connectivity index is 3.65. The molecule has 140 valence electrons. The molecule has 0 aliphatic rings. The van der Waals surface area contributed by atoms with Crippen LogP contribution < -0.4 is 0 Å². The number of ether oxygens (including phenoxy) is 1. The molecule has 0 saturated carbocycles. The molecule has 0 heterocycles. The summed E-state index contributed by atoms with van der Waals surface area (Å²) in [7, 11) is 0. The monoisotopic (exact) mass is 326 g/mol. The van der Waals surface area contributed by atoms with Crippen LogP contribution in [0.3, 0.4) is 0 Å². The van der Waals surface area contributed by atoms with Crippen molar-refractivity contribution in [1.29, 1.82) is 0 Å². The SMILES string of the molecule is CCCCCCC(C)(C)CCOCCC(C)(C)CCCCCC. The van der Waals surface area contributed by atoms with Gasteiger partial charge in [0.1, 0.15) is 0 Å². The molecular weight excluding hydrogens is 280 g/mol. The molecule has 0 aromatic carbocycles. The molecule has 0 aromatic heterocycles. The molecule has 0 fully saturated rings. The minimum absolute atomic E-state index is 0.448. The van der Waals surface area contributed by atoms with E-state index in [4.69, 9.17) is 4.74 Å². The van der Waals surface area contributed by atoms with Crippen LogP contribution in [-0.2, 0) is 4.74 Å². The van der Waals surface area contributed by atoms with E-state index < -0.39 is 0 Å². The van der Waals surface area contributed by atoms with Crippen molar-refractivity contribution in [3.8, 4) is 0 Å². The molecule has 1 heteroatoms. The van der Waals surface area contributed by atoms with Gasteiger partial charge in [0, 0.05) is 13.2 Å². The van der Waals surface area contributed by atoms with Crippen molar-refractivity contribution in [2.75, 3.05) is 13.2 Å². The van der Waals surface area contributed by atoms with E-state index in [9.17, 15) is 0 Å². The molecule has 0 atom stereocenters. The first-order valence-corrected chi connectivity index (χ1v) is 10.4. The summed E-state index contributed by atoms with van der Waals surface area (Å²) in [6.07, 6.45) is 16.1. The fourth-order valence-electron chi connectivity index (χ4n) is 3.11. The molecule has 0 spiro atoms. The summed E-state index contributed by atoms with van der Waals surface area (Å²) < 4.78 is 5.96. The van der Waals surface area contributed by atoms with Crippen LogP contribution in [0.1, 0.15) is 119 Å². The van der Waals surface area contributed by atoms with Gasteiger partial charge in [0.25, 0.3) is 0 Å². The van der Waals surface area contributed by atoms with Gasteiger partial charge in [0.05, 0.1) is 0 Å². The normalized spacial score (nSPS) is 12.8. The highest BCUT2D eigenvalue weighted by Gasteiger charge is 2.19. The molecule has 0 rings (SSSR count). The summed E-state index contributed by atoms with van der Waals surface area (Å²) in [5.74, 6) is 0. The summed E-state index contributed by atoms with van der Waals surface area (Å²) >= 11 is 0. The predicted molar refractivity (Wildman–Crippen MR) is 105 cm³/mol. The molecule has 0 aromatic rings. The molecule has 0 aliphatic carbocycles. The lowest BCUT2D eigenvalue weighted by Gasteiger charge is -2.26. The Morgan fingerprint density at radius 2 is 0.913 bits per heavy atom. The largest absolute Gasteiger partial charge is 0.381 e. The predicted octanol–water partition coefficient (Wildman–Crippen LogP) is 7.78. The lowest BCUT2D eigenvalue weighted by Crippen LogP contribution is -2.18. The number of hydrogen-bond acceptors (Lipinski definition) is 1. The second-order valence-corrected chi connectivity index (χ2v) is 9.06. The van der Waals surface area contributed by atoms with Gasteiger partial charge in [0.2, 0.25) is 0 Å². The summed E-state index contributed by atoms with van der Waals surface area (Å²) in [6.45, 7) is 16.0. The summed E-state index contributed by atoms with van der Waals surface area (Å²) in [4.78, 5) is 0. The fourth-order valence-corrected chi connectivity index (χ4v) is 3.11. The Hall–Kier alpha value is -0.0400. The van der Waals surface area contributed by atoms with Gasteiger partial charge in [0.15, 0.2) is 0 Å². The third-order valence-electron chi connectivity index (χ3n) is 5.26. The van der Waals surface area contributed by atoms with Crippen LogP contribution in [0.25, 0.3) is 0 Å². The van der Waals surface area contributed by atoms with Crippen molar-refractivity contribution >= 4 is 0 Å². The van der Waals surface area contributed by atoms with Crippen LogP contribution >= 0.6 is 0 Å². The zero-order chi connectivity index (χ0) is 17.6. The number of hydrogen-bond donors (Lipinski definition) is 0. The maximum absolute atomic E-state index is 5.96. The molecule has 0 amide bonds. The number of rotatable bonds is 16. The van der Waals surface area contributed by atoms with Gasteiger partial charge < -0.3 is 4.74 Å². The highest BCUT2D eigenvalue weighted by molar-refractivity contribution is 4.70. The van der Waals surface area contributed by atoms with E-state index in [0.717, 1.165) is 13.2 Å². The maximum Gasteiger partial charge on any atom is 0.0471 e. The molecule has 0 bridgehead atoms. The Labute approximate surface area is 148 Å². The van der Waals surface area contributed by atoms with E-state index >= 15 is 0 Å². The zero-order valence-electron chi connectivity index (χ0n) is 17.3. The van der Waals surface area contributed by atoms with Crippen LogP contribution in [0.2, 0.25) is 0 Å². The smallest absolute Gasteiger partial charge is 0.0471 e. The molecule has 1 nitrogen and oxygen atoms in total. The standard InChI is InChI=1S/C22H46O/c1-7-9-11-13-15-21(3,4)17-19-23-20-18-22(5,6)16-14-12-10-8-2/h7-20H2,1-6H3. The Morgan fingerprint density at radius 3 is 1.26 bits per heavy atom. The molecule has 0 radical (unpaired) electrons. The van der Waals surface area contributed by atoms with Crippen molar-refractivity contribution in [2.24, 2.45) is 10.8 Å². The van der Waals surface area contributed by atoms with E-state index in [1.54, 1.807) is 0 Å². The van der Waals surface area contributed by atoms with E-state index in [1.165, 1.54) is 77.0 Å². The lowest BCUT2D eigenvalue weighted by atomic mass is 9.83. The molecule has 0 N–H and O–H groups in total. The van der Waals surface area contributed by atoms with Crippen molar-refractivity contribution in [3.63, 3.8) is 0 Å².